The fourth-order valence-electron chi connectivity index (χ4n) is 3.92. The van der Waals surface area contributed by atoms with Crippen molar-refractivity contribution in [1.82, 2.24) is 10.2 Å². The Kier molecular flexibility index (Phi) is 4.46. The van der Waals surface area contributed by atoms with Crippen molar-refractivity contribution in [3.8, 4) is 0 Å². The number of nitrogens with zero attached hydrogens (tertiary/aromatic N) is 1. The Labute approximate surface area is 157 Å². The molecule has 2 aliphatic rings. The Morgan fingerprint density at radius 2 is 1.80 bits per heavy atom. The normalized spacial score (nSPS) is 23.4. The summed E-state index contributed by atoms with van der Waals surface area (Å²) >= 11 is 12.3. The number of piperazine rings is 1. The lowest BCUT2D eigenvalue weighted by molar-refractivity contribution is -0.128. The van der Waals surface area contributed by atoms with Crippen LogP contribution in [0.2, 0.25) is 10.0 Å². The minimum atomic E-state index is -0.729. The van der Waals surface area contributed by atoms with Crippen LogP contribution >= 0.6 is 23.2 Å². The van der Waals surface area contributed by atoms with E-state index < -0.39 is 5.54 Å². The smallest absolute Gasteiger partial charge is 0.249 e. The van der Waals surface area contributed by atoms with Gasteiger partial charge in [-0.25, -0.2) is 0 Å². The van der Waals surface area contributed by atoms with E-state index in [2.05, 4.69) is 15.5 Å². The van der Waals surface area contributed by atoms with E-state index in [4.69, 9.17) is 23.2 Å². The zero-order chi connectivity index (χ0) is 17.4. The van der Waals surface area contributed by atoms with Crippen LogP contribution < -0.4 is 10.6 Å². The Hall–Kier alpha value is -1.59. The highest BCUT2D eigenvalue weighted by atomic mass is 35.5. The molecule has 6 heteroatoms. The molecule has 0 bridgehead atoms. The Morgan fingerprint density at radius 1 is 1.04 bits per heavy atom. The minimum absolute atomic E-state index is 0.00615. The minimum Gasteiger partial charge on any atom is -0.324 e. The summed E-state index contributed by atoms with van der Waals surface area (Å²) in [5.41, 5.74) is 2.11. The van der Waals surface area contributed by atoms with Gasteiger partial charge in [-0.3, -0.25) is 9.69 Å². The van der Waals surface area contributed by atoms with Crippen LogP contribution in [0.4, 0.5) is 5.69 Å². The molecule has 2 heterocycles. The number of amides is 1. The van der Waals surface area contributed by atoms with Gasteiger partial charge in [-0.05, 0) is 29.8 Å². The van der Waals surface area contributed by atoms with Gasteiger partial charge in [0.25, 0.3) is 0 Å². The molecule has 4 rings (SSSR count). The molecule has 2 aromatic carbocycles. The van der Waals surface area contributed by atoms with Crippen molar-refractivity contribution in [2.45, 2.75) is 12.0 Å². The van der Waals surface area contributed by atoms with Crippen molar-refractivity contribution in [2.24, 2.45) is 0 Å². The number of nitrogens with one attached hydrogen (secondary N) is 2. The maximum absolute atomic E-state index is 13.2. The van der Waals surface area contributed by atoms with E-state index >= 15 is 0 Å². The molecule has 4 nitrogen and oxygen atoms in total. The summed E-state index contributed by atoms with van der Waals surface area (Å²) < 4.78 is 0. The van der Waals surface area contributed by atoms with E-state index in [0.717, 1.165) is 43.0 Å². The maximum atomic E-state index is 13.2. The molecule has 0 aromatic heterocycles. The predicted molar refractivity (Wildman–Crippen MR) is 101 cm³/mol. The summed E-state index contributed by atoms with van der Waals surface area (Å²) in [6, 6.07) is 13.4. The lowest BCUT2D eigenvalue weighted by Gasteiger charge is -2.42. The molecular weight excluding hydrogens is 357 g/mol. The lowest BCUT2D eigenvalue weighted by Crippen LogP contribution is -2.58. The first-order valence-corrected chi connectivity index (χ1v) is 9.17. The molecule has 1 atom stereocenters. The van der Waals surface area contributed by atoms with Gasteiger partial charge < -0.3 is 10.6 Å². The second kappa shape index (κ2) is 6.61. The van der Waals surface area contributed by atoms with Crippen LogP contribution in [0.5, 0.6) is 0 Å². The average molecular weight is 376 g/mol. The molecule has 2 aliphatic heterocycles. The second-order valence-corrected chi connectivity index (χ2v) is 7.42. The van der Waals surface area contributed by atoms with Crippen molar-refractivity contribution in [1.29, 1.82) is 0 Å². The van der Waals surface area contributed by atoms with Crippen LogP contribution in [-0.2, 0) is 16.8 Å². The average Bonchev–Trinajstić information content (AvgIpc) is 2.87. The van der Waals surface area contributed by atoms with Crippen LogP contribution in [0.3, 0.4) is 0 Å². The first-order chi connectivity index (χ1) is 12.1. The topological polar surface area (TPSA) is 44.4 Å². The third-order valence-electron chi connectivity index (χ3n) is 5.06. The monoisotopic (exact) mass is 375 g/mol. The van der Waals surface area contributed by atoms with E-state index in [-0.39, 0.29) is 5.91 Å². The molecule has 1 unspecified atom stereocenters. The molecule has 25 heavy (non-hydrogen) atoms. The highest BCUT2D eigenvalue weighted by Gasteiger charge is 2.51. The van der Waals surface area contributed by atoms with Gasteiger partial charge in [-0.2, -0.15) is 0 Å². The van der Waals surface area contributed by atoms with Gasteiger partial charge in [-0.1, -0.05) is 41.4 Å². The van der Waals surface area contributed by atoms with Gasteiger partial charge in [0.15, 0.2) is 0 Å². The van der Waals surface area contributed by atoms with E-state index in [1.807, 2.05) is 42.5 Å². The largest absolute Gasteiger partial charge is 0.324 e. The van der Waals surface area contributed by atoms with Crippen molar-refractivity contribution in [3.05, 3.63) is 63.6 Å². The van der Waals surface area contributed by atoms with E-state index in [0.29, 0.717) is 16.5 Å². The first kappa shape index (κ1) is 16.9. The molecule has 0 saturated carbocycles. The van der Waals surface area contributed by atoms with Crippen molar-refractivity contribution in [2.75, 3.05) is 31.5 Å². The fraction of sp³-hybridized carbons (Fsp3) is 0.316. The molecule has 1 fully saturated rings. The zero-order valence-corrected chi connectivity index (χ0v) is 15.2. The molecule has 130 valence electrons. The van der Waals surface area contributed by atoms with E-state index in [9.17, 15) is 4.79 Å². The van der Waals surface area contributed by atoms with Crippen LogP contribution in [0.1, 0.15) is 11.1 Å². The summed E-state index contributed by atoms with van der Waals surface area (Å²) in [4.78, 5) is 15.5. The molecule has 2 aromatic rings. The number of hydrogen-bond acceptors (Lipinski definition) is 3. The van der Waals surface area contributed by atoms with Crippen molar-refractivity contribution >= 4 is 34.8 Å². The molecule has 0 aliphatic carbocycles. The van der Waals surface area contributed by atoms with E-state index in [1.165, 1.54) is 0 Å². The SMILES string of the molecule is O=C1Nc2cc(Cl)ccc2C1(Cc1cccc(Cl)c1)N1CCNCC1. The number of rotatable bonds is 3. The third kappa shape index (κ3) is 2.93. The molecule has 1 amide bonds. The number of benzene rings is 2. The van der Waals surface area contributed by atoms with Crippen LogP contribution in [0.25, 0.3) is 0 Å². The Morgan fingerprint density at radius 3 is 2.56 bits per heavy atom. The second-order valence-electron chi connectivity index (χ2n) is 6.55. The van der Waals surface area contributed by atoms with Gasteiger partial charge in [-0.15, -0.1) is 0 Å². The van der Waals surface area contributed by atoms with Gasteiger partial charge in [0.05, 0.1) is 0 Å². The fourth-order valence-corrected chi connectivity index (χ4v) is 4.30. The molecule has 2 N–H and O–H groups in total. The summed E-state index contributed by atoms with van der Waals surface area (Å²) in [7, 11) is 0. The summed E-state index contributed by atoms with van der Waals surface area (Å²) in [5, 5.41) is 7.71. The summed E-state index contributed by atoms with van der Waals surface area (Å²) in [6.07, 6.45) is 0.577. The Balaban J connectivity index is 1.83. The van der Waals surface area contributed by atoms with Gasteiger partial charge in [0, 0.05) is 53.9 Å². The quantitative estimate of drug-likeness (QED) is 0.864. The Bertz CT molecular complexity index is 820. The number of anilines is 1. The lowest BCUT2D eigenvalue weighted by atomic mass is 9.82. The van der Waals surface area contributed by atoms with E-state index in [1.54, 1.807) is 0 Å². The molecule has 1 saturated heterocycles. The number of carbonyl (C=O) groups is 1. The standard InChI is InChI=1S/C19H19Cl2N3O/c20-14-3-1-2-13(10-14)12-19(24-8-6-22-7-9-24)16-5-4-15(21)11-17(16)23-18(19)25/h1-5,10-11,22H,6-9,12H2,(H,23,25). The number of carbonyl (C=O) groups excluding carboxylic acids is 1. The van der Waals surface area contributed by atoms with Gasteiger partial charge in [0.1, 0.15) is 5.54 Å². The number of fused-ring (bicyclic) bond motifs is 1. The molecular formula is C19H19Cl2N3O. The zero-order valence-electron chi connectivity index (χ0n) is 13.7. The van der Waals surface area contributed by atoms with Crippen molar-refractivity contribution < 1.29 is 4.79 Å². The summed E-state index contributed by atoms with van der Waals surface area (Å²) in [6.45, 7) is 3.37. The molecule has 0 spiro atoms. The van der Waals surface area contributed by atoms with Crippen LogP contribution in [0, 0.1) is 0 Å². The van der Waals surface area contributed by atoms with Crippen LogP contribution in [0.15, 0.2) is 42.5 Å². The highest BCUT2D eigenvalue weighted by Crippen LogP contribution is 2.44. The van der Waals surface area contributed by atoms with Crippen LogP contribution in [-0.4, -0.2) is 37.0 Å². The van der Waals surface area contributed by atoms with Gasteiger partial charge >= 0.3 is 0 Å². The highest BCUT2D eigenvalue weighted by molar-refractivity contribution is 6.31. The predicted octanol–water partition coefficient (Wildman–Crippen LogP) is 3.29. The number of hydrogen-bond donors (Lipinski definition) is 2. The van der Waals surface area contributed by atoms with Gasteiger partial charge in [0.2, 0.25) is 5.91 Å². The third-order valence-corrected chi connectivity index (χ3v) is 5.53. The first-order valence-electron chi connectivity index (χ1n) is 8.41. The maximum Gasteiger partial charge on any atom is 0.249 e. The van der Waals surface area contributed by atoms with Crippen molar-refractivity contribution in [3.63, 3.8) is 0 Å². The number of halogens is 2. The molecule has 0 radical (unpaired) electrons. The summed E-state index contributed by atoms with van der Waals surface area (Å²) in [5.74, 6) is 0.00615.